The third kappa shape index (κ3) is 53.9. The largest absolute Gasteiger partial charge is 0.279 e. The van der Waals surface area contributed by atoms with Crippen LogP contribution in [0.2, 0.25) is 0 Å². The lowest BCUT2D eigenvalue weighted by Gasteiger charge is -1.79. The van der Waals surface area contributed by atoms with Gasteiger partial charge in [0.1, 0.15) is 9.12 Å². The fraction of sp³-hybridized carbons (Fsp3) is 1.00. The van der Waals surface area contributed by atoms with Gasteiger partial charge < -0.3 is 0 Å². The number of hydrogen-bond acceptors (Lipinski definition) is 1. The molecule has 4 heteroatoms. The molecule has 0 aromatic carbocycles. The maximum atomic E-state index is 8.06. The molecule has 1 nitrogen and oxygen atoms in total. The number of halogens is 2. The van der Waals surface area contributed by atoms with E-state index >= 15 is 0 Å². The summed E-state index contributed by atoms with van der Waals surface area (Å²) in [6.45, 7) is 4.42. The summed E-state index contributed by atoms with van der Waals surface area (Å²) in [6.07, 6.45) is 4.08. The molecule has 0 bridgehead atoms. The van der Waals surface area contributed by atoms with Gasteiger partial charge in [-0.2, -0.15) is 0 Å². The Morgan fingerprint density at radius 3 is 1.22 bits per heavy atom. The van der Waals surface area contributed by atoms with Gasteiger partial charge >= 0.3 is 0 Å². The quantitative estimate of drug-likeness (QED) is 0.613. The molecule has 0 saturated carbocycles. The normalized spacial score (nSPS) is 5.11. The van der Waals surface area contributed by atoms with Gasteiger partial charge in [0.2, 0.25) is 0 Å². The molecule has 0 atom stereocenters. The molecule has 0 saturated heterocycles. The second-order valence-electron chi connectivity index (χ2n) is 1.35. The summed E-state index contributed by atoms with van der Waals surface area (Å²) in [4.78, 5) is 0. The zero-order valence-electron chi connectivity index (χ0n) is 5.85. The van der Waals surface area contributed by atoms with Crippen molar-refractivity contribution in [2.24, 2.45) is 0 Å². The van der Waals surface area contributed by atoms with E-state index in [1.165, 1.54) is 19.3 Å². The summed E-state index contributed by atoms with van der Waals surface area (Å²) in [5.41, 5.74) is 0. The molecule has 0 aliphatic rings. The Hall–Kier alpha value is 0.680. The monoisotopic (exact) mass is 192 g/mol. The summed E-state index contributed by atoms with van der Waals surface area (Å²) in [7, 11) is 1.72. The van der Waals surface area contributed by atoms with Crippen molar-refractivity contribution in [3.8, 4) is 0 Å². The van der Waals surface area contributed by atoms with Crippen molar-refractivity contribution in [1.82, 2.24) is 0 Å². The highest BCUT2D eigenvalue weighted by molar-refractivity contribution is 7.00. The SMILES string of the molecule is CCCCC.Cl.Cl.O=P. The lowest BCUT2D eigenvalue weighted by atomic mass is 10.3. The first-order valence-corrected chi connectivity index (χ1v) is 3.03. The second kappa shape index (κ2) is 37.8. The molecule has 0 fully saturated rings. The number of hydrogen-bond donors (Lipinski definition) is 0. The predicted molar refractivity (Wildman–Crippen MR) is 48.7 cm³/mol. The summed E-state index contributed by atoms with van der Waals surface area (Å²) in [5.74, 6) is 0. The van der Waals surface area contributed by atoms with Gasteiger partial charge in [-0.3, -0.25) is 4.57 Å². The van der Waals surface area contributed by atoms with E-state index in [1.807, 2.05) is 0 Å². The van der Waals surface area contributed by atoms with Crippen LogP contribution in [0.25, 0.3) is 0 Å². The number of unbranched alkanes of at least 4 members (excludes halogenated alkanes) is 2. The second-order valence-corrected chi connectivity index (χ2v) is 1.35. The molecular formula is C5H15Cl2OP. The van der Waals surface area contributed by atoms with Crippen LogP contribution in [0.3, 0.4) is 0 Å². The molecule has 0 amide bonds. The van der Waals surface area contributed by atoms with Crippen molar-refractivity contribution in [2.75, 3.05) is 0 Å². The average Bonchev–Trinajstić information content (AvgIpc) is 1.75. The van der Waals surface area contributed by atoms with Gasteiger partial charge in [0.15, 0.2) is 0 Å². The van der Waals surface area contributed by atoms with Gasteiger partial charge in [0.25, 0.3) is 0 Å². The van der Waals surface area contributed by atoms with Crippen molar-refractivity contribution in [3.05, 3.63) is 0 Å². The molecule has 0 N–H and O–H groups in total. The van der Waals surface area contributed by atoms with Gasteiger partial charge in [0.05, 0.1) is 0 Å². The molecule has 0 rings (SSSR count). The molecule has 0 heterocycles. The third-order valence-electron chi connectivity index (χ3n) is 0.707. The number of rotatable bonds is 2. The Labute approximate surface area is 72.0 Å². The van der Waals surface area contributed by atoms with E-state index in [0.717, 1.165) is 0 Å². The molecule has 0 aromatic heterocycles. The fourth-order valence-corrected chi connectivity index (χ4v) is 0.354. The van der Waals surface area contributed by atoms with Crippen LogP contribution >= 0.6 is 33.9 Å². The molecule has 9 heavy (non-hydrogen) atoms. The van der Waals surface area contributed by atoms with E-state index in [2.05, 4.69) is 13.8 Å². The molecular weight excluding hydrogens is 178 g/mol. The van der Waals surface area contributed by atoms with Crippen LogP contribution in [0, 0.1) is 0 Å². The van der Waals surface area contributed by atoms with Crippen molar-refractivity contribution in [1.29, 1.82) is 0 Å². The van der Waals surface area contributed by atoms with Gasteiger partial charge in [0, 0.05) is 0 Å². The third-order valence-corrected chi connectivity index (χ3v) is 0.707. The Bertz CT molecular complexity index is 28.9. The first-order chi connectivity index (χ1) is 3.41. The van der Waals surface area contributed by atoms with Gasteiger partial charge in [-0.15, -0.1) is 24.8 Å². The lowest BCUT2D eigenvalue weighted by molar-refractivity contribution is 0.607. The minimum atomic E-state index is 0. The zero-order chi connectivity index (χ0) is 6.12. The van der Waals surface area contributed by atoms with Crippen LogP contribution in [-0.4, -0.2) is 0 Å². The van der Waals surface area contributed by atoms with Crippen molar-refractivity contribution < 1.29 is 4.57 Å². The maximum absolute atomic E-state index is 8.06. The topological polar surface area (TPSA) is 17.1 Å². The first-order valence-electron chi connectivity index (χ1n) is 2.62. The Morgan fingerprint density at radius 1 is 1.00 bits per heavy atom. The Morgan fingerprint density at radius 2 is 1.22 bits per heavy atom. The van der Waals surface area contributed by atoms with Crippen molar-refractivity contribution in [3.63, 3.8) is 0 Å². The van der Waals surface area contributed by atoms with E-state index in [-0.39, 0.29) is 24.8 Å². The minimum Gasteiger partial charge on any atom is -0.279 e. The van der Waals surface area contributed by atoms with E-state index in [1.54, 1.807) is 9.12 Å². The lowest BCUT2D eigenvalue weighted by Crippen LogP contribution is -1.59. The molecule has 0 aliphatic heterocycles. The van der Waals surface area contributed by atoms with Gasteiger partial charge in [-0.05, 0) is 0 Å². The van der Waals surface area contributed by atoms with E-state index in [0.29, 0.717) is 0 Å². The van der Waals surface area contributed by atoms with E-state index in [9.17, 15) is 0 Å². The Balaban J connectivity index is -0.0000000286. The standard InChI is InChI=1S/C5H12.2ClH.HOP/c1-3-5-4-2;;;1-2/h3-5H2,1-2H3;2*1H;2H. The van der Waals surface area contributed by atoms with Crippen LogP contribution in [0.15, 0.2) is 0 Å². The van der Waals surface area contributed by atoms with E-state index < -0.39 is 0 Å². The molecule has 0 radical (unpaired) electrons. The average molecular weight is 193 g/mol. The van der Waals surface area contributed by atoms with Crippen LogP contribution in [-0.2, 0) is 4.57 Å². The minimum absolute atomic E-state index is 0. The van der Waals surface area contributed by atoms with Crippen molar-refractivity contribution in [2.45, 2.75) is 33.1 Å². The van der Waals surface area contributed by atoms with Crippen LogP contribution in [0.1, 0.15) is 33.1 Å². The summed E-state index contributed by atoms with van der Waals surface area (Å²) in [6, 6.07) is 0. The Kier molecular flexibility index (Phi) is 95.0. The summed E-state index contributed by atoms with van der Waals surface area (Å²) in [5, 5.41) is 0. The smallest absolute Gasteiger partial charge is 0.138 e. The van der Waals surface area contributed by atoms with Crippen LogP contribution in [0.5, 0.6) is 0 Å². The van der Waals surface area contributed by atoms with E-state index in [4.69, 9.17) is 4.57 Å². The highest BCUT2D eigenvalue weighted by Crippen LogP contribution is 1.88. The summed E-state index contributed by atoms with van der Waals surface area (Å²) < 4.78 is 8.06. The first kappa shape index (κ1) is 22.6. The molecule has 0 aromatic rings. The van der Waals surface area contributed by atoms with Crippen molar-refractivity contribution >= 4 is 33.9 Å². The van der Waals surface area contributed by atoms with Crippen LogP contribution in [0.4, 0.5) is 0 Å². The maximum Gasteiger partial charge on any atom is 0.138 e. The summed E-state index contributed by atoms with van der Waals surface area (Å²) >= 11 is 0. The highest BCUT2D eigenvalue weighted by Gasteiger charge is 1.68. The fourth-order valence-electron chi connectivity index (χ4n) is 0.354. The predicted octanol–water partition coefficient (Wildman–Crippen LogP) is 3.51. The molecule has 0 spiro atoms. The highest BCUT2D eigenvalue weighted by atomic mass is 35.5. The van der Waals surface area contributed by atoms with Gasteiger partial charge in [-0.25, -0.2) is 0 Å². The molecule has 60 valence electrons. The molecule has 0 unspecified atom stereocenters. The van der Waals surface area contributed by atoms with Crippen LogP contribution < -0.4 is 0 Å². The zero-order valence-corrected chi connectivity index (χ0v) is 8.48. The molecule has 0 aliphatic carbocycles. The van der Waals surface area contributed by atoms with Gasteiger partial charge in [-0.1, -0.05) is 33.1 Å².